The standard InChI is InChI=1S/C21H24NO3P/c1-4-13-20(26(23,24-5-2)25-6-3)22-21(18-14-9-7-10-15-18)19-16-11-8-12-17-19/h1,7-12,14-17,20H,5-6,13H2,2-3H3. The van der Waals surface area contributed by atoms with Crippen molar-refractivity contribution in [1.82, 2.24) is 0 Å². The van der Waals surface area contributed by atoms with Crippen molar-refractivity contribution < 1.29 is 13.6 Å². The molecule has 0 amide bonds. The Kier molecular flexibility index (Phi) is 7.81. The van der Waals surface area contributed by atoms with Gasteiger partial charge in [0.2, 0.25) is 0 Å². The predicted molar refractivity (Wildman–Crippen MR) is 107 cm³/mol. The topological polar surface area (TPSA) is 47.9 Å². The summed E-state index contributed by atoms with van der Waals surface area (Å²) in [5.74, 6) is 1.80. The fraction of sp³-hybridized carbons (Fsp3) is 0.286. The third-order valence-electron chi connectivity index (χ3n) is 3.66. The summed E-state index contributed by atoms with van der Waals surface area (Å²) in [5.41, 5.74) is 2.55. The van der Waals surface area contributed by atoms with E-state index in [0.29, 0.717) is 5.71 Å². The van der Waals surface area contributed by atoms with Crippen molar-refractivity contribution in [3.63, 3.8) is 0 Å². The lowest BCUT2D eigenvalue weighted by Crippen LogP contribution is -2.15. The Morgan fingerprint density at radius 2 is 1.46 bits per heavy atom. The number of terminal acetylenes is 1. The lowest BCUT2D eigenvalue weighted by Gasteiger charge is -2.23. The molecule has 0 N–H and O–H groups in total. The molecule has 2 aromatic rings. The van der Waals surface area contributed by atoms with Crippen LogP contribution in [0.15, 0.2) is 65.7 Å². The summed E-state index contributed by atoms with van der Waals surface area (Å²) in [5, 5.41) is 0. The van der Waals surface area contributed by atoms with E-state index in [-0.39, 0.29) is 19.6 Å². The molecule has 1 atom stereocenters. The van der Waals surface area contributed by atoms with Crippen LogP contribution in [0.2, 0.25) is 0 Å². The Morgan fingerprint density at radius 1 is 1.00 bits per heavy atom. The molecule has 2 aromatic carbocycles. The monoisotopic (exact) mass is 369 g/mol. The zero-order valence-corrected chi connectivity index (χ0v) is 16.1. The maximum atomic E-state index is 13.3. The summed E-state index contributed by atoms with van der Waals surface area (Å²) < 4.78 is 24.2. The highest BCUT2D eigenvalue weighted by Crippen LogP contribution is 2.55. The second-order valence-electron chi connectivity index (χ2n) is 5.47. The van der Waals surface area contributed by atoms with Crippen LogP contribution in [0.1, 0.15) is 31.4 Å². The minimum absolute atomic E-state index is 0.167. The molecule has 136 valence electrons. The van der Waals surface area contributed by atoms with E-state index in [1.165, 1.54) is 0 Å². The summed E-state index contributed by atoms with van der Waals surface area (Å²) in [6.45, 7) is 4.08. The van der Waals surface area contributed by atoms with Crippen LogP contribution in [0.3, 0.4) is 0 Å². The highest BCUT2D eigenvalue weighted by molar-refractivity contribution is 7.54. The molecular formula is C21H24NO3P. The van der Waals surface area contributed by atoms with E-state index in [4.69, 9.17) is 20.5 Å². The van der Waals surface area contributed by atoms with Gasteiger partial charge in [0.05, 0.1) is 18.9 Å². The second kappa shape index (κ2) is 10.1. The molecular weight excluding hydrogens is 345 g/mol. The van der Waals surface area contributed by atoms with Gasteiger partial charge in [-0.25, -0.2) is 0 Å². The molecule has 0 bridgehead atoms. The van der Waals surface area contributed by atoms with Crippen LogP contribution in [-0.2, 0) is 13.6 Å². The average Bonchev–Trinajstić information content (AvgIpc) is 2.67. The summed E-state index contributed by atoms with van der Waals surface area (Å²) in [6.07, 6.45) is 5.69. The minimum Gasteiger partial charge on any atom is -0.307 e. The van der Waals surface area contributed by atoms with Gasteiger partial charge in [0.15, 0.2) is 5.78 Å². The molecule has 0 aliphatic rings. The van der Waals surface area contributed by atoms with Crippen LogP contribution < -0.4 is 0 Å². The number of nitrogens with zero attached hydrogens (tertiary/aromatic N) is 1. The summed E-state index contributed by atoms with van der Waals surface area (Å²) in [4.78, 5) is 4.78. The van der Waals surface area contributed by atoms with Gasteiger partial charge in [0.1, 0.15) is 0 Å². The van der Waals surface area contributed by atoms with E-state index < -0.39 is 13.4 Å². The van der Waals surface area contributed by atoms with Crippen molar-refractivity contribution in [2.24, 2.45) is 4.99 Å². The first-order valence-corrected chi connectivity index (χ1v) is 10.3. The lowest BCUT2D eigenvalue weighted by molar-refractivity contribution is 0.212. The van der Waals surface area contributed by atoms with Gasteiger partial charge < -0.3 is 9.05 Å². The van der Waals surface area contributed by atoms with Gasteiger partial charge in [0, 0.05) is 17.5 Å². The van der Waals surface area contributed by atoms with E-state index >= 15 is 0 Å². The van der Waals surface area contributed by atoms with Gasteiger partial charge in [-0.15, -0.1) is 12.3 Å². The zero-order valence-electron chi connectivity index (χ0n) is 15.2. The molecule has 26 heavy (non-hydrogen) atoms. The Balaban J connectivity index is 2.57. The van der Waals surface area contributed by atoms with Gasteiger partial charge >= 0.3 is 7.60 Å². The number of hydrogen-bond donors (Lipinski definition) is 0. The van der Waals surface area contributed by atoms with Crippen LogP contribution in [-0.4, -0.2) is 24.7 Å². The third kappa shape index (κ3) is 5.16. The number of benzene rings is 2. The first-order chi connectivity index (χ1) is 12.6. The smallest absolute Gasteiger partial charge is 0.307 e. The van der Waals surface area contributed by atoms with Crippen LogP contribution in [0, 0.1) is 12.3 Å². The van der Waals surface area contributed by atoms with Crippen molar-refractivity contribution >= 4 is 13.3 Å². The van der Waals surface area contributed by atoms with Gasteiger partial charge in [-0.1, -0.05) is 60.7 Å². The maximum Gasteiger partial charge on any atom is 0.355 e. The van der Waals surface area contributed by atoms with Gasteiger partial charge in [-0.2, -0.15) is 0 Å². The van der Waals surface area contributed by atoms with E-state index in [0.717, 1.165) is 11.1 Å². The van der Waals surface area contributed by atoms with Crippen molar-refractivity contribution in [3.05, 3.63) is 71.8 Å². The summed E-state index contributed by atoms with van der Waals surface area (Å²) in [7, 11) is -3.47. The zero-order chi connectivity index (χ0) is 18.8. The average molecular weight is 369 g/mol. The van der Waals surface area contributed by atoms with Gasteiger partial charge in [-0.3, -0.25) is 9.56 Å². The molecule has 0 saturated carbocycles. The maximum absolute atomic E-state index is 13.3. The highest BCUT2D eigenvalue weighted by Gasteiger charge is 2.35. The predicted octanol–water partition coefficient (Wildman–Crippen LogP) is 5.14. The van der Waals surface area contributed by atoms with E-state index in [9.17, 15) is 4.57 Å². The molecule has 4 nitrogen and oxygen atoms in total. The Bertz CT molecular complexity index is 746. The third-order valence-corrected chi connectivity index (χ3v) is 5.92. The quantitative estimate of drug-likeness (QED) is 0.349. The Morgan fingerprint density at radius 3 is 1.85 bits per heavy atom. The Labute approximate surface area is 155 Å². The fourth-order valence-corrected chi connectivity index (χ4v) is 4.28. The van der Waals surface area contributed by atoms with Crippen molar-refractivity contribution in [2.45, 2.75) is 26.1 Å². The molecule has 0 fully saturated rings. The first kappa shape index (κ1) is 20.1. The van der Waals surface area contributed by atoms with Crippen molar-refractivity contribution in [1.29, 1.82) is 0 Å². The molecule has 0 aliphatic carbocycles. The van der Waals surface area contributed by atoms with Crippen LogP contribution in [0.5, 0.6) is 0 Å². The highest BCUT2D eigenvalue weighted by atomic mass is 31.2. The van der Waals surface area contributed by atoms with Crippen LogP contribution >= 0.6 is 7.60 Å². The number of rotatable bonds is 9. The molecule has 0 aliphatic heterocycles. The SMILES string of the molecule is C#CCC(N=C(c1ccccc1)c1ccccc1)P(=O)(OCC)OCC. The normalized spacial score (nSPS) is 12.2. The van der Waals surface area contributed by atoms with Crippen LogP contribution in [0.25, 0.3) is 0 Å². The van der Waals surface area contributed by atoms with Gasteiger partial charge in [-0.05, 0) is 13.8 Å². The summed E-state index contributed by atoms with van der Waals surface area (Å²) >= 11 is 0. The first-order valence-electron chi connectivity index (χ1n) is 8.65. The van der Waals surface area contributed by atoms with Crippen LogP contribution in [0.4, 0.5) is 0 Å². The lowest BCUT2D eigenvalue weighted by atomic mass is 10.0. The largest absolute Gasteiger partial charge is 0.355 e. The molecule has 0 saturated heterocycles. The molecule has 0 spiro atoms. The molecule has 1 unspecified atom stereocenters. The molecule has 0 radical (unpaired) electrons. The molecule has 0 heterocycles. The van der Waals surface area contributed by atoms with Crippen molar-refractivity contribution in [2.75, 3.05) is 13.2 Å². The molecule has 2 rings (SSSR count). The fourth-order valence-electron chi connectivity index (χ4n) is 2.56. The number of aliphatic imine (C=N–C) groups is 1. The second-order valence-corrected chi connectivity index (χ2v) is 7.67. The Hall–Kier alpha value is -2.18. The molecule has 5 heteroatoms. The van der Waals surface area contributed by atoms with E-state index in [1.807, 2.05) is 60.7 Å². The molecule has 0 aromatic heterocycles. The van der Waals surface area contributed by atoms with E-state index in [1.54, 1.807) is 13.8 Å². The minimum atomic E-state index is -3.47. The number of hydrogen-bond acceptors (Lipinski definition) is 4. The van der Waals surface area contributed by atoms with Gasteiger partial charge in [0.25, 0.3) is 0 Å². The summed E-state index contributed by atoms with van der Waals surface area (Å²) in [6, 6.07) is 19.5. The van der Waals surface area contributed by atoms with Crippen molar-refractivity contribution in [3.8, 4) is 12.3 Å². The van der Waals surface area contributed by atoms with E-state index in [2.05, 4.69) is 5.92 Å².